The van der Waals surface area contributed by atoms with Gasteiger partial charge < -0.3 is 15.5 Å². The van der Waals surface area contributed by atoms with Crippen molar-refractivity contribution in [3.8, 4) is 0 Å². The second-order valence-electron chi connectivity index (χ2n) is 5.08. The highest BCUT2D eigenvalue weighted by molar-refractivity contribution is 5.42. The second kappa shape index (κ2) is 6.51. The van der Waals surface area contributed by atoms with E-state index >= 15 is 0 Å². The number of hydrogen-bond acceptors (Lipinski definition) is 3. The first-order valence-electron chi connectivity index (χ1n) is 7.11. The summed E-state index contributed by atoms with van der Waals surface area (Å²) in [4.78, 5) is 12.2. The molecule has 0 saturated carbocycles. The molecule has 0 bridgehead atoms. The molecule has 118 valence electrons. The number of H-pyrrole nitrogens is 2. The fraction of sp³-hybridized carbons (Fsp3) is 0.312. The molecule has 2 rings (SSSR count). The Morgan fingerprint density at radius 1 is 1.32 bits per heavy atom. The van der Waals surface area contributed by atoms with Crippen molar-refractivity contribution in [2.75, 3.05) is 7.05 Å². The monoisotopic (exact) mass is 305 g/mol. The smallest absolute Gasteiger partial charge is 0.268 e. The maximum absolute atomic E-state index is 13.2. The summed E-state index contributed by atoms with van der Waals surface area (Å²) in [6, 6.07) is 5.96. The van der Waals surface area contributed by atoms with Crippen LogP contribution in [0.4, 0.5) is 4.39 Å². The minimum absolute atomic E-state index is 0.0248. The normalized spacial score (nSPS) is 13.6. The van der Waals surface area contributed by atoms with Gasteiger partial charge in [-0.15, -0.1) is 0 Å². The number of halogens is 1. The highest BCUT2D eigenvalue weighted by atomic mass is 19.1. The van der Waals surface area contributed by atoms with Crippen molar-refractivity contribution in [1.82, 2.24) is 15.5 Å². The Labute approximate surface area is 127 Å². The zero-order valence-corrected chi connectivity index (χ0v) is 12.8. The summed E-state index contributed by atoms with van der Waals surface area (Å²) in [6.45, 7) is 3.68. The van der Waals surface area contributed by atoms with Crippen molar-refractivity contribution in [3.63, 3.8) is 0 Å². The average Bonchev–Trinajstić information content (AvgIpc) is 2.84. The summed E-state index contributed by atoms with van der Waals surface area (Å²) >= 11 is 0. The zero-order chi connectivity index (χ0) is 16.3. The van der Waals surface area contributed by atoms with Crippen LogP contribution in [-0.2, 0) is 0 Å². The lowest BCUT2D eigenvalue weighted by Crippen LogP contribution is -2.19. The molecule has 0 aliphatic rings. The van der Waals surface area contributed by atoms with Crippen LogP contribution in [0.5, 0.6) is 0 Å². The molecule has 2 aromatic rings. The molecule has 1 atom stereocenters. The topological polar surface area (TPSA) is 80.9 Å². The summed E-state index contributed by atoms with van der Waals surface area (Å²) in [5, 5.41) is 18.2. The van der Waals surface area contributed by atoms with E-state index in [9.17, 15) is 14.3 Å². The largest absolute Gasteiger partial charge is 0.495 e. The van der Waals surface area contributed by atoms with Gasteiger partial charge in [-0.05, 0) is 31.0 Å². The van der Waals surface area contributed by atoms with Crippen molar-refractivity contribution < 1.29 is 9.50 Å². The summed E-state index contributed by atoms with van der Waals surface area (Å²) in [6.07, 6.45) is 0.540. The molecule has 0 radical (unpaired) electrons. The van der Waals surface area contributed by atoms with E-state index in [-0.39, 0.29) is 17.3 Å². The lowest BCUT2D eigenvalue weighted by Gasteiger charge is -2.21. The number of benzene rings is 1. The number of aromatic amines is 2. The van der Waals surface area contributed by atoms with E-state index in [1.165, 1.54) is 12.1 Å². The van der Waals surface area contributed by atoms with Crippen molar-refractivity contribution in [1.29, 1.82) is 0 Å². The van der Waals surface area contributed by atoms with Gasteiger partial charge in [-0.25, -0.2) is 4.39 Å². The third kappa shape index (κ3) is 2.90. The number of hydrogen-bond donors (Lipinski definition) is 4. The first-order chi connectivity index (χ1) is 10.5. The van der Waals surface area contributed by atoms with Crippen LogP contribution >= 0.6 is 0 Å². The third-order valence-electron chi connectivity index (χ3n) is 3.77. The van der Waals surface area contributed by atoms with Gasteiger partial charge in [0.25, 0.3) is 5.56 Å². The highest BCUT2D eigenvalue weighted by Crippen LogP contribution is 2.34. The zero-order valence-electron chi connectivity index (χ0n) is 12.8. The fourth-order valence-electron chi connectivity index (χ4n) is 2.67. The highest BCUT2D eigenvalue weighted by Gasteiger charge is 2.26. The van der Waals surface area contributed by atoms with Gasteiger partial charge >= 0.3 is 0 Å². The van der Waals surface area contributed by atoms with E-state index < -0.39 is 5.92 Å². The number of aryl methyl sites for hydroxylation is 1. The van der Waals surface area contributed by atoms with Crippen LogP contribution in [0.25, 0.3) is 0 Å². The van der Waals surface area contributed by atoms with Gasteiger partial charge in [-0.2, -0.15) is 0 Å². The predicted molar refractivity (Wildman–Crippen MR) is 83.4 cm³/mol. The molecule has 0 aliphatic carbocycles. The Kier molecular flexibility index (Phi) is 4.70. The van der Waals surface area contributed by atoms with Crippen molar-refractivity contribution >= 4 is 0 Å². The molecule has 22 heavy (non-hydrogen) atoms. The maximum atomic E-state index is 13.2. The minimum Gasteiger partial charge on any atom is -0.495 e. The number of aromatic nitrogens is 2. The van der Waals surface area contributed by atoms with Crippen LogP contribution < -0.4 is 10.9 Å². The first kappa shape index (κ1) is 15.9. The molecule has 4 N–H and O–H groups in total. The molecule has 0 amide bonds. The van der Waals surface area contributed by atoms with Crippen LogP contribution in [0.3, 0.4) is 0 Å². The maximum Gasteiger partial charge on any atom is 0.268 e. The molecule has 1 heterocycles. The summed E-state index contributed by atoms with van der Waals surface area (Å²) < 4.78 is 13.2. The molecular formula is C16H20FN3O2. The Morgan fingerprint density at radius 3 is 2.41 bits per heavy atom. The summed E-state index contributed by atoms with van der Waals surface area (Å²) in [5.74, 6) is -0.771. The van der Waals surface area contributed by atoms with Gasteiger partial charge in [-0.1, -0.05) is 19.1 Å². The van der Waals surface area contributed by atoms with Gasteiger partial charge in [0, 0.05) is 24.2 Å². The lowest BCUT2D eigenvalue weighted by atomic mass is 9.83. The summed E-state index contributed by atoms with van der Waals surface area (Å²) in [5.41, 5.74) is 2.37. The van der Waals surface area contributed by atoms with Crippen LogP contribution in [0, 0.1) is 12.7 Å². The van der Waals surface area contributed by atoms with E-state index in [4.69, 9.17) is 0 Å². The molecule has 0 fully saturated rings. The van der Waals surface area contributed by atoms with Crippen LogP contribution in [0.2, 0.25) is 0 Å². The minimum atomic E-state index is -0.451. The third-order valence-corrected chi connectivity index (χ3v) is 3.77. The Hall–Kier alpha value is -2.50. The predicted octanol–water partition coefficient (Wildman–Crippen LogP) is 2.68. The second-order valence-corrected chi connectivity index (χ2v) is 5.08. The van der Waals surface area contributed by atoms with E-state index in [2.05, 4.69) is 15.5 Å². The molecule has 1 unspecified atom stereocenters. The van der Waals surface area contributed by atoms with E-state index in [1.807, 2.05) is 6.92 Å². The van der Waals surface area contributed by atoms with Gasteiger partial charge in [0.2, 0.25) is 0 Å². The SMILES string of the molecule is CC/C(=C(/O)NC)C(c1ccc(F)cc1)c1c(C)[nH][nH]c1=O. The van der Waals surface area contributed by atoms with Gasteiger partial charge in [-0.3, -0.25) is 9.89 Å². The molecule has 1 aromatic carbocycles. The van der Waals surface area contributed by atoms with E-state index in [1.54, 1.807) is 26.1 Å². The van der Waals surface area contributed by atoms with Crippen molar-refractivity contribution in [2.45, 2.75) is 26.2 Å². The van der Waals surface area contributed by atoms with E-state index in [0.717, 1.165) is 5.56 Å². The number of aliphatic hydroxyl groups excluding tert-OH is 1. The van der Waals surface area contributed by atoms with Gasteiger partial charge in [0.05, 0.1) is 5.56 Å². The van der Waals surface area contributed by atoms with Crippen LogP contribution in [0.1, 0.15) is 36.1 Å². The van der Waals surface area contributed by atoms with Crippen molar-refractivity contribution in [3.05, 3.63) is 68.7 Å². The van der Waals surface area contributed by atoms with Crippen LogP contribution in [-0.4, -0.2) is 22.4 Å². The van der Waals surface area contributed by atoms with Crippen molar-refractivity contribution in [2.24, 2.45) is 0 Å². The molecule has 0 aliphatic heterocycles. The molecule has 6 heteroatoms. The Balaban J connectivity index is 2.70. The van der Waals surface area contributed by atoms with Gasteiger partial charge in [0.1, 0.15) is 5.82 Å². The Morgan fingerprint density at radius 2 is 1.95 bits per heavy atom. The fourth-order valence-corrected chi connectivity index (χ4v) is 2.67. The molecule has 1 aromatic heterocycles. The number of allylic oxidation sites excluding steroid dienone is 1. The van der Waals surface area contributed by atoms with E-state index in [0.29, 0.717) is 23.3 Å². The number of rotatable bonds is 5. The Bertz CT molecular complexity index is 729. The quantitative estimate of drug-likeness (QED) is 0.641. The number of nitrogens with one attached hydrogen (secondary N) is 3. The molecular weight excluding hydrogens is 285 g/mol. The first-order valence-corrected chi connectivity index (χ1v) is 7.11. The molecule has 5 nitrogen and oxygen atoms in total. The van der Waals surface area contributed by atoms with Gasteiger partial charge in [0.15, 0.2) is 5.88 Å². The summed E-state index contributed by atoms with van der Waals surface area (Å²) in [7, 11) is 1.61. The number of aliphatic hydroxyl groups is 1. The molecule has 0 saturated heterocycles. The standard InChI is InChI=1S/C16H20FN3O2/c1-4-12(15(21)18-3)14(10-5-7-11(17)8-6-10)13-9(2)19-20-16(13)22/h5-8,14,18,21H,4H2,1-3H3,(H2,19,20,22)/b15-12-. The lowest BCUT2D eigenvalue weighted by molar-refractivity contribution is 0.363. The van der Waals surface area contributed by atoms with Crippen LogP contribution in [0.15, 0.2) is 40.5 Å². The molecule has 0 spiro atoms. The average molecular weight is 305 g/mol.